The highest BCUT2D eigenvalue weighted by molar-refractivity contribution is 5.98. The highest BCUT2D eigenvalue weighted by Crippen LogP contribution is 2.31. The Labute approximate surface area is 188 Å². The molecular formula is C27H26N2O3. The van der Waals surface area contributed by atoms with E-state index in [0.29, 0.717) is 17.5 Å². The fourth-order valence-electron chi connectivity index (χ4n) is 4.60. The number of ether oxygens (including phenoxy) is 1. The molecule has 5 rings (SSSR count). The Morgan fingerprint density at radius 1 is 1.00 bits per heavy atom. The van der Waals surface area contributed by atoms with Crippen molar-refractivity contribution in [1.82, 2.24) is 10.2 Å². The van der Waals surface area contributed by atoms with Gasteiger partial charge in [-0.25, -0.2) is 4.79 Å². The van der Waals surface area contributed by atoms with Crippen LogP contribution in [0.1, 0.15) is 49.9 Å². The van der Waals surface area contributed by atoms with Gasteiger partial charge in [-0.15, -0.1) is 0 Å². The third-order valence-electron chi connectivity index (χ3n) is 6.27. The van der Waals surface area contributed by atoms with Gasteiger partial charge in [0.05, 0.1) is 5.56 Å². The van der Waals surface area contributed by atoms with Crippen molar-refractivity contribution in [3.8, 4) is 0 Å². The van der Waals surface area contributed by atoms with Crippen LogP contribution in [0.2, 0.25) is 0 Å². The zero-order chi connectivity index (χ0) is 21.9. The van der Waals surface area contributed by atoms with Crippen molar-refractivity contribution in [2.45, 2.75) is 31.5 Å². The van der Waals surface area contributed by atoms with Gasteiger partial charge in [0.2, 0.25) is 0 Å². The largest absolute Gasteiger partial charge is 0.454 e. The number of hydrogen-bond acceptors (Lipinski definition) is 4. The van der Waals surface area contributed by atoms with Gasteiger partial charge in [0.1, 0.15) is 6.10 Å². The van der Waals surface area contributed by atoms with Crippen LogP contribution in [0.5, 0.6) is 0 Å². The summed E-state index contributed by atoms with van der Waals surface area (Å²) in [6.45, 7) is 2.71. The summed E-state index contributed by atoms with van der Waals surface area (Å²) in [5, 5.41) is 3.18. The first kappa shape index (κ1) is 20.5. The van der Waals surface area contributed by atoms with Gasteiger partial charge in [-0.1, -0.05) is 60.7 Å². The van der Waals surface area contributed by atoms with E-state index in [9.17, 15) is 9.59 Å². The molecule has 5 nitrogen and oxygen atoms in total. The van der Waals surface area contributed by atoms with E-state index < -0.39 is 0 Å². The first-order valence-electron chi connectivity index (χ1n) is 11.1. The van der Waals surface area contributed by atoms with E-state index in [-0.39, 0.29) is 24.0 Å². The van der Waals surface area contributed by atoms with E-state index in [1.165, 1.54) is 5.56 Å². The smallest absolute Gasteiger partial charge is 0.339 e. The van der Waals surface area contributed by atoms with Gasteiger partial charge in [0, 0.05) is 37.7 Å². The number of nitrogens with zero attached hydrogens (tertiary/aromatic N) is 1. The number of amides is 1. The number of benzene rings is 3. The molecule has 0 saturated carbocycles. The van der Waals surface area contributed by atoms with Crippen molar-refractivity contribution < 1.29 is 14.3 Å². The summed E-state index contributed by atoms with van der Waals surface area (Å²) in [7, 11) is 0. The van der Waals surface area contributed by atoms with Crippen LogP contribution in [0.3, 0.4) is 0 Å². The summed E-state index contributed by atoms with van der Waals surface area (Å²) >= 11 is 0. The van der Waals surface area contributed by atoms with Crippen LogP contribution in [-0.4, -0.2) is 35.9 Å². The molecule has 1 amide bonds. The third kappa shape index (κ3) is 4.43. The molecule has 0 unspecified atom stereocenters. The van der Waals surface area contributed by atoms with E-state index in [0.717, 1.165) is 37.2 Å². The molecule has 5 heteroatoms. The summed E-state index contributed by atoms with van der Waals surface area (Å²) < 4.78 is 5.62. The average molecular weight is 427 g/mol. The Hall–Kier alpha value is -3.44. The predicted molar refractivity (Wildman–Crippen MR) is 122 cm³/mol. The monoisotopic (exact) mass is 426 g/mol. The molecule has 1 N–H and O–H groups in total. The third-order valence-corrected chi connectivity index (χ3v) is 6.27. The SMILES string of the molecule is O=C(N[C@H]1CCN(Cc2ccccc2)C1)c1ccc2c(c1)C[C@@H](c1ccccc1)OC2=O. The standard InChI is InChI=1S/C27H26N2O3/c30-26(28-23-13-14-29(18-23)17-19-7-3-1-4-8-19)21-11-12-24-22(15-21)16-25(32-27(24)31)20-9-5-2-6-10-20/h1-12,15,23,25H,13-14,16-18H2,(H,28,30)/t23-,25-/m0/s1. The summed E-state index contributed by atoms with van der Waals surface area (Å²) in [5.74, 6) is -0.422. The molecule has 1 fully saturated rings. The molecule has 0 bridgehead atoms. The average Bonchev–Trinajstić information content (AvgIpc) is 3.26. The Morgan fingerprint density at radius 2 is 1.75 bits per heavy atom. The molecular weight excluding hydrogens is 400 g/mol. The van der Waals surface area contributed by atoms with Gasteiger partial charge >= 0.3 is 5.97 Å². The summed E-state index contributed by atoms with van der Waals surface area (Å²) in [4.78, 5) is 27.8. The second kappa shape index (κ2) is 8.97. The summed E-state index contributed by atoms with van der Waals surface area (Å²) in [6, 6.07) is 25.5. The van der Waals surface area contributed by atoms with E-state index in [1.54, 1.807) is 12.1 Å². The lowest BCUT2D eigenvalue weighted by Crippen LogP contribution is -2.37. The van der Waals surface area contributed by atoms with Gasteiger partial charge < -0.3 is 10.1 Å². The fourth-order valence-corrected chi connectivity index (χ4v) is 4.60. The maximum Gasteiger partial charge on any atom is 0.339 e. The first-order valence-corrected chi connectivity index (χ1v) is 11.1. The molecule has 32 heavy (non-hydrogen) atoms. The predicted octanol–water partition coefficient (Wildman–Crippen LogP) is 4.15. The molecule has 3 aromatic carbocycles. The molecule has 1 saturated heterocycles. The van der Waals surface area contributed by atoms with E-state index in [1.807, 2.05) is 42.5 Å². The summed E-state index contributed by atoms with van der Waals surface area (Å²) in [6.07, 6.45) is 1.18. The fraction of sp³-hybridized carbons (Fsp3) is 0.259. The van der Waals surface area contributed by atoms with Gasteiger partial charge in [-0.2, -0.15) is 0 Å². The molecule has 162 valence electrons. The minimum Gasteiger partial charge on any atom is -0.454 e. The topological polar surface area (TPSA) is 58.6 Å². The minimum atomic E-state index is -0.334. The number of esters is 1. The molecule has 2 heterocycles. The van der Waals surface area contributed by atoms with Crippen LogP contribution in [0.25, 0.3) is 0 Å². The zero-order valence-corrected chi connectivity index (χ0v) is 17.9. The second-order valence-electron chi connectivity index (χ2n) is 8.56. The van der Waals surface area contributed by atoms with Crippen molar-refractivity contribution in [3.05, 3.63) is 107 Å². The number of likely N-dealkylation sites (tertiary alicyclic amines) is 1. The Bertz CT molecular complexity index is 1110. The van der Waals surface area contributed by atoms with Gasteiger partial charge in [0.15, 0.2) is 0 Å². The van der Waals surface area contributed by atoms with Crippen LogP contribution in [-0.2, 0) is 17.7 Å². The lowest BCUT2D eigenvalue weighted by molar-refractivity contribution is 0.0252. The molecule has 2 aliphatic rings. The first-order chi connectivity index (χ1) is 15.7. The van der Waals surface area contributed by atoms with Crippen LogP contribution in [0.15, 0.2) is 78.9 Å². The van der Waals surface area contributed by atoms with Crippen LogP contribution in [0.4, 0.5) is 0 Å². The van der Waals surface area contributed by atoms with Crippen molar-refractivity contribution >= 4 is 11.9 Å². The second-order valence-corrected chi connectivity index (χ2v) is 8.56. The Kier molecular flexibility index (Phi) is 5.73. The van der Waals surface area contributed by atoms with Crippen molar-refractivity contribution in [2.24, 2.45) is 0 Å². The molecule has 3 aromatic rings. The van der Waals surface area contributed by atoms with E-state index in [2.05, 4.69) is 34.5 Å². The van der Waals surface area contributed by atoms with Crippen LogP contribution < -0.4 is 5.32 Å². The molecule has 2 aliphatic heterocycles. The highest BCUT2D eigenvalue weighted by Gasteiger charge is 2.29. The lowest BCUT2D eigenvalue weighted by atomic mass is 9.93. The Morgan fingerprint density at radius 3 is 2.53 bits per heavy atom. The van der Waals surface area contributed by atoms with E-state index in [4.69, 9.17) is 4.74 Å². The number of carbonyl (C=O) groups excluding carboxylic acids is 2. The van der Waals surface area contributed by atoms with Crippen LogP contribution in [0, 0.1) is 0 Å². The maximum atomic E-state index is 12.9. The number of cyclic esters (lactones) is 1. The molecule has 0 aliphatic carbocycles. The van der Waals surface area contributed by atoms with Crippen LogP contribution >= 0.6 is 0 Å². The minimum absolute atomic E-state index is 0.0884. The van der Waals surface area contributed by atoms with Crippen molar-refractivity contribution in [1.29, 1.82) is 0 Å². The number of hydrogen-bond donors (Lipinski definition) is 1. The number of carbonyl (C=O) groups is 2. The maximum absolute atomic E-state index is 12.9. The molecule has 0 spiro atoms. The zero-order valence-electron chi connectivity index (χ0n) is 17.9. The van der Waals surface area contributed by atoms with Crippen molar-refractivity contribution in [2.75, 3.05) is 13.1 Å². The highest BCUT2D eigenvalue weighted by atomic mass is 16.5. The quantitative estimate of drug-likeness (QED) is 0.623. The van der Waals surface area contributed by atoms with Gasteiger partial charge in [-0.05, 0) is 41.3 Å². The summed E-state index contributed by atoms with van der Waals surface area (Å²) in [5.41, 5.74) is 4.25. The van der Waals surface area contributed by atoms with E-state index >= 15 is 0 Å². The number of fused-ring (bicyclic) bond motifs is 1. The molecule has 2 atom stereocenters. The lowest BCUT2D eigenvalue weighted by Gasteiger charge is -2.25. The molecule has 0 aromatic heterocycles. The van der Waals surface area contributed by atoms with Gasteiger partial charge in [-0.3, -0.25) is 9.69 Å². The number of rotatable bonds is 5. The number of nitrogens with one attached hydrogen (secondary N) is 1. The normalized spacial score (nSPS) is 20.4. The van der Waals surface area contributed by atoms with Gasteiger partial charge in [0.25, 0.3) is 5.91 Å². The Balaban J connectivity index is 1.24. The molecule has 0 radical (unpaired) electrons. The van der Waals surface area contributed by atoms with Crippen molar-refractivity contribution in [3.63, 3.8) is 0 Å².